The molecule has 0 radical (unpaired) electrons. The minimum Gasteiger partial charge on any atom is -0.340 e. The molecular formula is C6H6N4O. The zero-order valence-corrected chi connectivity index (χ0v) is 5.77. The van der Waals surface area contributed by atoms with Gasteiger partial charge in [-0.3, -0.25) is 9.13 Å². The summed E-state index contributed by atoms with van der Waals surface area (Å²) in [5.41, 5.74) is 1.85. The first-order chi connectivity index (χ1) is 5.45. The summed E-state index contributed by atoms with van der Waals surface area (Å²) in [6.07, 6.45) is 3.49. The van der Waals surface area contributed by atoms with Crippen molar-refractivity contribution in [3.8, 4) is 0 Å². The lowest BCUT2D eigenvalue weighted by atomic mass is 10.7. The Hall–Kier alpha value is -1.36. The normalized spacial score (nSPS) is 16.0. The quantitative estimate of drug-likeness (QED) is 0.538. The zero-order chi connectivity index (χ0) is 7.26. The number of rotatable bonds is 0. The number of aromatic nitrogens is 4. The molecule has 2 aromatic rings. The average molecular weight is 150 g/mol. The molecule has 5 nitrogen and oxygen atoms in total. The summed E-state index contributed by atoms with van der Waals surface area (Å²) in [7, 11) is 0. The Morgan fingerprint density at radius 2 is 1.82 bits per heavy atom. The Bertz CT molecular complexity index is 368. The Morgan fingerprint density at radius 1 is 1.18 bits per heavy atom. The third-order valence-corrected chi connectivity index (χ3v) is 1.84. The predicted molar refractivity (Wildman–Crippen MR) is 36.6 cm³/mol. The fraction of sp³-hybridized carbons (Fsp3) is 0.333. The Morgan fingerprint density at radius 3 is 2.45 bits per heavy atom. The minimum atomic E-state index is 0.586. The lowest BCUT2D eigenvalue weighted by molar-refractivity contribution is 0.0158. The molecule has 0 spiro atoms. The monoisotopic (exact) mass is 150 g/mol. The molecule has 0 atom stereocenters. The fourth-order valence-corrected chi connectivity index (χ4v) is 1.36. The zero-order valence-electron chi connectivity index (χ0n) is 5.77. The van der Waals surface area contributed by atoms with Gasteiger partial charge in [-0.25, -0.2) is 9.97 Å². The molecule has 3 rings (SSSR count). The van der Waals surface area contributed by atoms with Gasteiger partial charge in [-0.1, -0.05) is 0 Å². The van der Waals surface area contributed by atoms with Crippen LogP contribution in [0.3, 0.4) is 0 Å². The van der Waals surface area contributed by atoms with Crippen LogP contribution >= 0.6 is 0 Å². The van der Waals surface area contributed by atoms with Gasteiger partial charge >= 0.3 is 0 Å². The van der Waals surface area contributed by atoms with Crippen LogP contribution in [0.25, 0.3) is 11.3 Å². The van der Waals surface area contributed by atoms with Crippen molar-refractivity contribution in [3.63, 3.8) is 0 Å². The van der Waals surface area contributed by atoms with Gasteiger partial charge in [-0.2, -0.15) is 0 Å². The summed E-state index contributed by atoms with van der Waals surface area (Å²) in [5.74, 6) is 0. The van der Waals surface area contributed by atoms with Gasteiger partial charge < -0.3 is 4.74 Å². The van der Waals surface area contributed by atoms with Crippen LogP contribution in [0.2, 0.25) is 0 Å². The van der Waals surface area contributed by atoms with Crippen LogP contribution in [0.5, 0.6) is 0 Å². The topological polar surface area (TPSA) is 44.9 Å². The van der Waals surface area contributed by atoms with Crippen molar-refractivity contribution >= 4 is 11.3 Å². The van der Waals surface area contributed by atoms with Crippen LogP contribution in [0, 0.1) is 0 Å². The van der Waals surface area contributed by atoms with E-state index >= 15 is 0 Å². The smallest absolute Gasteiger partial charge is 0.197 e. The second-order valence-electron chi connectivity index (χ2n) is 2.54. The highest BCUT2D eigenvalue weighted by Gasteiger charge is 2.13. The highest BCUT2D eigenvalue weighted by molar-refractivity contribution is 5.66. The first-order valence-electron chi connectivity index (χ1n) is 3.39. The summed E-state index contributed by atoms with van der Waals surface area (Å²) >= 11 is 0. The Kier molecular flexibility index (Phi) is 0.783. The number of nitrogens with zero attached hydrogens (tertiary/aromatic N) is 4. The van der Waals surface area contributed by atoms with Crippen molar-refractivity contribution in [1.82, 2.24) is 19.1 Å². The van der Waals surface area contributed by atoms with E-state index in [2.05, 4.69) is 9.97 Å². The van der Waals surface area contributed by atoms with E-state index < -0.39 is 0 Å². The van der Waals surface area contributed by atoms with E-state index in [1.165, 1.54) is 0 Å². The highest BCUT2D eigenvalue weighted by atomic mass is 16.5. The standard InChI is InChI=1S/C6H6N4O/c1-7-5-6-9(1)3-11-4-10(6)2-8-5/h1-2H,3-4H2. The molecule has 0 saturated carbocycles. The largest absolute Gasteiger partial charge is 0.340 e. The van der Waals surface area contributed by atoms with Crippen LogP contribution in [0.15, 0.2) is 12.7 Å². The van der Waals surface area contributed by atoms with Gasteiger partial charge in [0.05, 0.1) is 0 Å². The predicted octanol–water partition coefficient (Wildman–Crippen LogP) is 0.178. The van der Waals surface area contributed by atoms with Crippen molar-refractivity contribution in [2.75, 3.05) is 0 Å². The van der Waals surface area contributed by atoms with Crippen LogP contribution in [-0.4, -0.2) is 19.1 Å². The van der Waals surface area contributed by atoms with Crippen LogP contribution in [0.1, 0.15) is 0 Å². The first-order valence-corrected chi connectivity index (χ1v) is 3.39. The van der Waals surface area contributed by atoms with Crippen molar-refractivity contribution in [1.29, 1.82) is 0 Å². The third-order valence-electron chi connectivity index (χ3n) is 1.84. The average Bonchev–Trinajstić information content (AvgIpc) is 2.60. The molecule has 5 heteroatoms. The summed E-state index contributed by atoms with van der Waals surface area (Å²) < 4.78 is 9.12. The number of ether oxygens (including phenoxy) is 1. The van der Waals surface area contributed by atoms with Crippen molar-refractivity contribution in [3.05, 3.63) is 12.7 Å². The van der Waals surface area contributed by atoms with E-state index in [4.69, 9.17) is 4.74 Å². The van der Waals surface area contributed by atoms with Crippen molar-refractivity contribution < 1.29 is 4.74 Å². The maximum atomic E-state index is 5.25. The number of hydrogen-bond donors (Lipinski definition) is 0. The summed E-state index contributed by atoms with van der Waals surface area (Å²) in [6, 6.07) is 0. The molecule has 11 heavy (non-hydrogen) atoms. The van der Waals surface area contributed by atoms with E-state index in [1.54, 1.807) is 12.7 Å². The molecule has 56 valence electrons. The molecule has 1 aliphatic rings. The molecule has 1 aliphatic heterocycles. The molecule has 0 fully saturated rings. The molecule has 2 aromatic heterocycles. The molecule has 0 N–H and O–H groups in total. The third kappa shape index (κ3) is 0.537. The van der Waals surface area contributed by atoms with Crippen LogP contribution in [-0.2, 0) is 18.2 Å². The van der Waals surface area contributed by atoms with Gasteiger partial charge in [0, 0.05) is 0 Å². The molecule has 0 amide bonds. The van der Waals surface area contributed by atoms with E-state index in [0.717, 1.165) is 11.3 Å². The first kappa shape index (κ1) is 5.31. The minimum absolute atomic E-state index is 0.586. The molecule has 0 unspecified atom stereocenters. The lowest BCUT2D eigenvalue weighted by Crippen LogP contribution is -2.13. The van der Waals surface area contributed by atoms with Gasteiger partial charge in [0.15, 0.2) is 11.3 Å². The molecule has 0 aliphatic carbocycles. The second kappa shape index (κ2) is 1.62. The van der Waals surface area contributed by atoms with Crippen LogP contribution in [0.4, 0.5) is 0 Å². The van der Waals surface area contributed by atoms with Crippen molar-refractivity contribution in [2.45, 2.75) is 13.5 Å². The highest BCUT2D eigenvalue weighted by Crippen LogP contribution is 2.14. The Labute approximate surface area is 62.2 Å². The summed E-state index contributed by atoms with van der Waals surface area (Å²) in [4.78, 5) is 8.20. The van der Waals surface area contributed by atoms with Gasteiger partial charge in [0.25, 0.3) is 0 Å². The maximum Gasteiger partial charge on any atom is 0.197 e. The maximum absolute atomic E-state index is 5.25. The molecule has 0 saturated heterocycles. The molecule has 3 heterocycles. The van der Waals surface area contributed by atoms with Crippen LogP contribution < -0.4 is 0 Å². The van der Waals surface area contributed by atoms with Gasteiger partial charge in [-0.05, 0) is 0 Å². The van der Waals surface area contributed by atoms with E-state index in [0.29, 0.717) is 13.5 Å². The van der Waals surface area contributed by atoms with Crippen molar-refractivity contribution in [2.24, 2.45) is 0 Å². The summed E-state index contributed by atoms with van der Waals surface area (Å²) in [6.45, 7) is 1.17. The fourth-order valence-electron chi connectivity index (χ4n) is 1.36. The van der Waals surface area contributed by atoms with Gasteiger partial charge in [-0.15, -0.1) is 0 Å². The van der Waals surface area contributed by atoms with E-state index in [9.17, 15) is 0 Å². The molecule has 0 bridgehead atoms. The molecular weight excluding hydrogens is 144 g/mol. The Balaban J connectivity index is 2.52. The lowest BCUT2D eigenvalue weighted by Gasteiger charge is -2.13. The molecule has 0 aromatic carbocycles. The van der Waals surface area contributed by atoms with Gasteiger partial charge in [0.2, 0.25) is 0 Å². The van der Waals surface area contributed by atoms with E-state index in [1.807, 2.05) is 9.13 Å². The SMILES string of the molecule is c1nc2ncn3c2n1COC3. The summed E-state index contributed by atoms with van der Waals surface area (Å²) in [5, 5.41) is 0. The number of imidazole rings is 2. The van der Waals surface area contributed by atoms with E-state index in [-0.39, 0.29) is 0 Å². The number of hydrogen-bond acceptors (Lipinski definition) is 3. The second-order valence-corrected chi connectivity index (χ2v) is 2.54. The van der Waals surface area contributed by atoms with Gasteiger partial charge in [0.1, 0.15) is 26.1 Å².